The Labute approximate surface area is 110 Å². The summed E-state index contributed by atoms with van der Waals surface area (Å²) >= 11 is 2.86. The Hall–Kier alpha value is -1.54. The number of carbonyl (C=O) groups is 2. The molecule has 98 valence electrons. The van der Waals surface area contributed by atoms with Gasteiger partial charge in [-0.05, 0) is 22.0 Å². The molecule has 0 heterocycles. The van der Waals surface area contributed by atoms with Crippen LogP contribution in [-0.2, 0) is 9.59 Å². The second-order valence-corrected chi connectivity index (χ2v) is 4.13. The second-order valence-electron chi connectivity index (χ2n) is 3.28. The molecule has 1 rings (SSSR count). The molecule has 1 aromatic rings. The molecule has 5 nitrogen and oxygen atoms in total. The fourth-order valence-electron chi connectivity index (χ4n) is 1.06. The number of nitrogens with two attached hydrogens (primary N) is 1. The van der Waals surface area contributed by atoms with Crippen LogP contribution >= 0.6 is 15.9 Å². The van der Waals surface area contributed by atoms with Crippen molar-refractivity contribution in [2.24, 2.45) is 5.73 Å². The Morgan fingerprint density at radius 2 is 1.89 bits per heavy atom. The van der Waals surface area contributed by atoms with E-state index in [1.165, 1.54) is 0 Å². The van der Waals surface area contributed by atoms with E-state index in [0.717, 1.165) is 6.07 Å². The molecule has 8 heteroatoms. The van der Waals surface area contributed by atoms with E-state index in [1.807, 2.05) is 0 Å². The van der Waals surface area contributed by atoms with Crippen molar-refractivity contribution in [2.45, 2.75) is 0 Å². The van der Waals surface area contributed by atoms with Gasteiger partial charge in [0.2, 0.25) is 11.8 Å². The number of anilines is 1. The zero-order valence-electron chi connectivity index (χ0n) is 9.10. The van der Waals surface area contributed by atoms with Crippen LogP contribution in [0.4, 0.5) is 14.5 Å². The summed E-state index contributed by atoms with van der Waals surface area (Å²) < 4.78 is 26.2. The van der Waals surface area contributed by atoms with Crippen molar-refractivity contribution in [1.29, 1.82) is 0 Å². The number of hydrogen-bond acceptors (Lipinski definition) is 3. The summed E-state index contributed by atoms with van der Waals surface area (Å²) in [5, 5.41) is 4.41. The highest BCUT2D eigenvalue weighted by atomic mass is 79.9. The van der Waals surface area contributed by atoms with Crippen molar-refractivity contribution in [1.82, 2.24) is 5.32 Å². The van der Waals surface area contributed by atoms with Crippen LogP contribution < -0.4 is 16.4 Å². The topological polar surface area (TPSA) is 84.2 Å². The molecular formula is C10H10BrF2N3O2. The number of benzene rings is 1. The molecule has 0 fully saturated rings. The molecule has 0 unspecified atom stereocenters. The lowest BCUT2D eigenvalue weighted by atomic mass is 10.3. The molecule has 4 N–H and O–H groups in total. The summed E-state index contributed by atoms with van der Waals surface area (Å²) in [6.07, 6.45) is 0. The normalized spacial score (nSPS) is 10.0. The number of nitrogens with one attached hydrogen (secondary N) is 2. The summed E-state index contributed by atoms with van der Waals surface area (Å²) in [6.45, 7) is -0.589. The van der Waals surface area contributed by atoms with Gasteiger partial charge in [0.25, 0.3) is 0 Å². The minimum atomic E-state index is -0.908. The summed E-state index contributed by atoms with van der Waals surface area (Å²) in [4.78, 5) is 22.1. The van der Waals surface area contributed by atoms with E-state index in [0.29, 0.717) is 6.07 Å². The first-order valence-corrected chi connectivity index (χ1v) is 5.64. The predicted molar refractivity (Wildman–Crippen MR) is 64.8 cm³/mol. The number of carbonyl (C=O) groups excluding carboxylic acids is 2. The van der Waals surface area contributed by atoms with E-state index in [9.17, 15) is 18.4 Å². The van der Waals surface area contributed by atoms with Crippen molar-refractivity contribution in [2.75, 3.05) is 18.4 Å². The summed E-state index contributed by atoms with van der Waals surface area (Å²) in [5.74, 6) is -2.84. The maximum atomic E-state index is 13.3. The number of amides is 2. The van der Waals surface area contributed by atoms with E-state index < -0.39 is 23.4 Å². The Balaban J connectivity index is 2.65. The molecule has 0 aliphatic rings. The van der Waals surface area contributed by atoms with Gasteiger partial charge in [0.05, 0.1) is 23.2 Å². The molecule has 0 radical (unpaired) electrons. The Morgan fingerprint density at radius 1 is 1.22 bits per heavy atom. The first kappa shape index (κ1) is 14.5. The quantitative estimate of drug-likeness (QED) is 0.715. The maximum Gasteiger partial charge on any atom is 0.243 e. The molecule has 0 aliphatic heterocycles. The van der Waals surface area contributed by atoms with E-state index in [1.54, 1.807) is 0 Å². The smallest absolute Gasteiger partial charge is 0.243 e. The van der Waals surface area contributed by atoms with Gasteiger partial charge in [-0.2, -0.15) is 0 Å². The Morgan fingerprint density at radius 3 is 2.50 bits per heavy atom. The molecule has 18 heavy (non-hydrogen) atoms. The maximum absolute atomic E-state index is 13.3. The molecule has 0 aliphatic carbocycles. The molecule has 0 saturated carbocycles. The van der Waals surface area contributed by atoms with Crippen LogP contribution in [0.1, 0.15) is 0 Å². The highest BCUT2D eigenvalue weighted by molar-refractivity contribution is 9.10. The van der Waals surface area contributed by atoms with Gasteiger partial charge >= 0.3 is 0 Å². The van der Waals surface area contributed by atoms with Crippen molar-refractivity contribution < 1.29 is 18.4 Å². The van der Waals surface area contributed by atoms with Crippen LogP contribution in [0.2, 0.25) is 0 Å². The molecule has 1 aromatic carbocycles. The molecule has 0 bridgehead atoms. The minimum Gasteiger partial charge on any atom is -0.346 e. The van der Waals surface area contributed by atoms with E-state index in [4.69, 9.17) is 5.73 Å². The third-order valence-electron chi connectivity index (χ3n) is 1.92. The fourth-order valence-corrected chi connectivity index (χ4v) is 1.41. The van der Waals surface area contributed by atoms with Gasteiger partial charge in [-0.3, -0.25) is 9.59 Å². The second kappa shape index (κ2) is 6.41. The molecule has 0 aromatic heterocycles. The van der Waals surface area contributed by atoms with Crippen molar-refractivity contribution in [3.63, 3.8) is 0 Å². The zero-order chi connectivity index (χ0) is 13.7. The van der Waals surface area contributed by atoms with Gasteiger partial charge in [-0.1, -0.05) is 0 Å². The standard InChI is InChI=1S/C10H10BrF2N3O2/c11-5-1-8(7(13)2-6(5)12)16-10(18)4-15-9(17)3-14/h1-2H,3-4,14H2,(H,15,17)(H,16,18). The van der Waals surface area contributed by atoms with Gasteiger partial charge < -0.3 is 16.4 Å². The zero-order valence-corrected chi connectivity index (χ0v) is 10.7. The van der Waals surface area contributed by atoms with Crippen LogP contribution in [-0.4, -0.2) is 24.9 Å². The third-order valence-corrected chi connectivity index (χ3v) is 2.52. The van der Waals surface area contributed by atoms with E-state index in [-0.39, 0.29) is 23.2 Å². The number of halogens is 3. The highest BCUT2D eigenvalue weighted by Crippen LogP contribution is 2.23. The van der Waals surface area contributed by atoms with E-state index >= 15 is 0 Å². The molecule has 0 atom stereocenters. The molecular weight excluding hydrogens is 312 g/mol. The van der Waals surface area contributed by atoms with Gasteiger partial charge in [0, 0.05) is 6.07 Å². The lowest BCUT2D eigenvalue weighted by molar-refractivity contribution is -0.123. The average molecular weight is 322 g/mol. The van der Waals surface area contributed by atoms with Gasteiger partial charge in [0.1, 0.15) is 11.6 Å². The lowest BCUT2D eigenvalue weighted by Crippen LogP contribution is -2.36. The largest absolute Gasteiger partial charge is 0.346 e. The monoisotopic (exact) mass is 321 g/mol. The van der Waals surface area contributed by atoms with Crippen molar-refractivity contribution >= 4 is 33.4 Å². The van der Waals surface area contributed by atoms with Gasteiger partial charge in [-0.25, -0.2) is 8.78 Å². The van der Waals surface area contributed by atoms with Crippen LogP contribution in [0, 0.1) is 11.6 Å². The first-order valence-electron chi connectivity index (χ1n) is 4.85. The predicted octanol–water partition coefficient (Wildman–Crippen LogP) is 0.741. The fraction of sp³-hybridized carbons (Fsp3) is 0.200. The van der Waals surface area contributed by atoms with Crippen LogP contribution in [0.15, 0.2) is 16.6 Å². The van der Waals surface area contributed by atoms with Crippen molar-refractivity contribution in [3.05, 3.63) is 28.2 Å². The molecule has 2 amide bonds. The Kier molecular flexibility index (Phi) is 5.17. The van der Waals surface area contributed by atoms with E-state index in [2.05, 4.69) is 26.6 Å². The lowest BCUT2D eigenvalue weighted by Gasteiger charge is -2.08. The highest BCUT2D eigenvalue weighted by Gasteiger charge is 2.11. The minimum absolute atomic E-state index is 0.0187. The SMILES string of the molecule is NCC(=O)NCC(=O)Nc1cc(Br)c(F)cc1F. The Bertz CT molecular complexity index is 482. The summed E-state index contributed by atoms with van der Waals surface area (Å²) in [5.41, 5.74) is 4.83. The van der Waals surface area contributed by atoms with Gasteiger partial charge in [0.15, 0.2) is 0 Å². The van der Waals surface area contributed by atoms with Crippen LogP contribution in [0.25, 0.3) is 0 Å². The third kappa shape index (κ3) is 4.04. The molecule has 0 saturated heterocycles. The first-order chi connectivity index (χ1) is 8.43. The summed E-state index contributed by atoms with van der Waals surface area (Å²) in [7, 11) is 0. The number of rotatable bonds is 4. The number of hydrogen-bond donors (Lipinski definition) is 3. The van der Waals surface area contributed by atoms with Crippen LogP contribution in [0.5, 0.6) is 0 Å². The van der Waals surface area contributed by atoms with Crippen LogP contribution in [0.3, 0.4) is 0 Å². The average Bonchev–Trinajstić information content (AvgIpc) is 2.33. The summed E-state index contributed by atoms with van der Waals surface area (Å²) in [6, 6.07) is 1.73. The van der Waals surface area contributed by atoms with Crippen molar-refractivity contribution in [3.8, 4) is 0 Å². The molecule has 0 spiro atoms. The van der Waals surface area contributed by atoms with Gasteiger partial charge in [-0.15, -0.1) is 0 Å².